The third kappa shape index (κ3) is 3.64. The van der Waals surface area contributed by atoms with Gasteiger partial charge in [-0.2, -0.15) is 0 Å². The standard InChI is InChI=1S/C9H16NO2.HI/c1-10(2)6-4-5-8(7-10)9(11)12-3;/h5H,4,6-7H2,1-3H3;1H/q+1;/p-1. The second-order valence-electron chi connectivity index (χ2n) is 3.83. The van der Waals surface area contributed by atoms with E-state index in [1.54, 1.807) is 0 Å². The number of halogens is 1. The van der Waals surface area contributed by atoms with E-state index in [1.807, 2.05) is 6.08 Å². The zero-order chi connectivity index (χ0) is 9.19. The van der Waals surface area contributed by atoms with Gasteiger partial charge < -0.3 is 33.2 Å². The number of quaternary nitrogens is 1. The Morgan fingerprint density at radius 3 is 2.62 bits per heavy atom. The maximum Gasteiger partial charge on any atom is 0.339 e. The number of methoxy groups -OCH3 is 1. The molecule has 1 aliphatic rings. The zero-order valence-electron chi connectivity index (χ0n) is 8.34. The number of carbonyl (C=O) groups is 1. The SMILES string of the molecule is COC(=O)C1=CCC[N+](C)(C)C1.[I-]. The molecule has 0 unspecified atom stereocenters. The van der Waals surface area contributed by atoms with Crippen molar-refractivity contribution in [3.8, 4) is 0 Å². The van der Waals surface area contributed by atoms with Gasteiger partial charge in [0.2, 0.25) is 0 Å². The van der Waals surface area contributed by atoms with E-state index >= 15 is 0 Å². The van der Waals surface area contributed by atoms with Crippen LogP contribution in [0.25, 0.3) is 0 Å². The summed E-state index contributed by atoms with van der Waals surface area (Å²) in [5, 5.41) is 0. The van der Waals surface area contributed by atoms with E-state index in [0.29, 0.717) is 0 Å². The summed E-state index contributed by atoms with van der Waals surface area (Å²) in [5.74, 6) is -0.180. The van der Waals surface area contributed by atoms with E-state index in [0.717, 1.165) is 29.6 Å². The fraction of sp³-hybridized carbons (Fsp3) is 0.667. The maximum absolute atomic E-state index is 11.2. The lowest BCUT2D eigenvalue weighted by Gasteiger charge is -2.32. The van der Waals surface area contributed by atoms with Gasteiger partial charge in [0, 0.05) is 6.42 Å². The lowest BCUT2D eigenvalue weighted by molar-refractivity contribution is -0.886. The van der Waals surface area contributed by atoms with E-state index in [2.05, 4.69) is 18.8 Å². The first-order valence-corrected chi connectivity index (χ1v) is 4.14. The second-order valence-corrected chi connectivity index (χ2v) is 3.83. The molecule has 0 aromatic heterocycles. The Morgan fingerprint density at radius 2 is 2.15 bits per heavy atom. The average molecular weight is 297 g/mol. The minimum atomic E-state index is -0.180. The van der Waals surface area contributed by atoms with Crippen LogP contribution in [0.15, 0.2) is 11.6 Å². The van der Waals surface area contributed by atoms with Crippen LogP contribution in [0.4, 0.5) is 0 Å². The van der Waals surface area contributed by atoms with Crippen molar-refractivity contribution >= 4 is 5.97 Å². The number of carbonyl (C=O) groups excluding carboxylic acids is 1. The van der Waals surface area contributed by atoms with Gasteiger partial charge in [-0.3, -0.25) is 0 Å². The fourth-order valence-electron chi connectivity index (χ4n) is 1.47. The smallest absolute Gasteiger partial charge is 0.339 e. The highest BCUT2D eigenvalue weighted by molar-refractivity contribution is 5.88. The molecule has 0 aromatic carbocycles. The molecule has 76 valence electrons. The van der Waals surface area contributed by atoms with Crippen LogP contribution in [0.5, 0.6) is 0 Å². The van der Waals surface area contributed by atoms with Crippen molar-refractivity contribution in [3.05, 3.63) is 11.6 Å². The highest BCUT2D eigenvalue weighted by Crippen LogP contribution is 2.14. The number of hydrogen-bond donors (Lipinski definition) is 0. The van der Waals surface area contributed by atoms with Crippen LogP contribution in [-0.4, -0.2) is 44.7 Å². The Hall–Kier alpha value is -0.100. The van der Waals surface area contributed by atoms with E-state index in [1.165, 1.54) is 7.11 Å². The van der Waals surface area contributed by atoms with Crippen molar-refractivity contribution in [2.45, 2.75) is 6.42 Å². The molecule has 0 saturated heterocycles. The first kappa shape index (κ1) is 12.9. The molecule has 1 rings (SSSR count). The Kier molecular flexibility index (Phi) is 4.91. The summed E-state index contributed by atoms with van der Waals surface area (Å²) < 4.78 is 5.54. The zero-order valence-corrected chi connectivity index (χ0v) is 10.5. The normalized spacial score (nSPS) is 19.8. The number of likely N-dealkylation sites (N-methyl/N-ethyl adjacent to an activating group) is 1. The molecule has 3 nitrogen and oxygen atoms in total. The Morgan fingerprint density at radius 1 is 1.54 bits per heavy atom. The summed E-state index contributed by atoms with van der Waals surface area (Å²) in [7, 11) is 5.67. The Bertz CT molecular complexity index is 224. The average Bonchev–Trinajstić information content (AvgIpc) is 2.01. The number of rotatable bonds is 1. The van der Waals surface area contributed by atoms with Gasteiger partial charge in [-0.05, 0) is 0 Å². The molecule has 13 heavy (non-hydrogen) atoms. The molecule has 0 bridgehead atoms. The van der Waals surface area contributed by atoms with Gasteiger partial charge in [0.1, 0.15) is 6.54 Å². The topological polar surface area (TPSA) is 26.3 Å². The lowest BCUT2D eigenvalue weighted by Crippen LogP contribution is -3.00. The highest BCUT2D eigenvalue weighted by Gasteiger charge is 2.25. The summed E-state index contributed by atoms with van der Waals surface area (Å²) in [5.41, 5.74) is 0.814. The molecule has 0 amide bonds. The summed E-state index contributed by atoms with van der Waals surface area (Å²) in [6.07, 6.45) is 2.95. The Labute approximate surface area is 96.4 Å². The fourth-order valence-corrected chi connectivity index (χ4v) is 1.47. The van der Waals surface area contributed by atoms with Crippen LogP contribution in [0, 0.1) is 0 Å². The van der Waals surface area contributed by atoms with Gasteiger partial charge in [-0.15, -0.1) is 0 Å². The summed E-state index contributed by atoms with van der Waals surface area (Å²) in [6.45, 7) is 1.88. The molecule has 0 atom stereocenters. The highest BCUT2D eigenvalue weighted by atomic mass is 127. The summed E-state index contributed by atoms with van der Waals surface area (Å²) >= 11 is 0. The molecule has 1 aliphatic heterocycles. The van der Waals surface area contributed by atoms with Gasteiger partial charge in [0.25, 0.3) is 0 Å². The molecule has 0 N–H and O–H groups in total. The predicted molar refractivity (Wildman–Crippen MR) is 46.6 cm³/mol. The minimum absolute atomic E-state index is 0. The first-order valence-electron chi connectivity index (χ1n) is 4.14. The van der Waals surface area contributed by atoms with Gasteiger partial charge in [0.05, 0.1) is 33.3 Å². The van der Waals surface area contributed by atoms with Crippen molar-refractivity contribution < 1.29 is 38.0 Å². The summed E-state index contributed by atoms with van der Waals surface area (Å²) in [6, 6.07) is 0. The van der Waals surface area contributed by atoms with E-state index in [4.69, 9.17) is 0 Å². The molecule has 4 heteroatoms. The molecule has 0 aromatic rings. The molecule has 0 radical (unpaired) electrons. The van der Waals surface area contributed by atoms with Crippen LogP contribution < -0.4 is 24.0 Å². The number of nitrogens with zero attached hydrogens (tertiary/aromatic N) is 1. The van der Waals surface area contributed by atoms with Gasteiger partial charge in [-0.1, -0.05) is 6.08 Å². The predicted octanol–water partition coefficient (Wildman–Crippen LogP) is -2.43. The maximum atomic E-state index is 11.2. The third-order valence-electron chi connectivity index (χ3n) is 2.17. The van der Waals surface area contributed by atoms with Crippen molar-refractivity contribution in [1.29, 1.82) is 0 Å². The molecule has 0 saturated carbocycles. The van der Waals surface area contributed by atoms with Crippen molar-refractivity contribution in [1.82, 2.24) is 0 Å². The molecular weight excluding hydrogens is 281 g/mol. The van der Waals surface area contributed by atoms with E-state index in [-0.39, 0.29) is 29.9 Å². The number of ether oxygens (including phenoxy) is 1. The monoisotopic (exact) mass is 297 g/mol. The van der Waals surface area contributed by atoms with Crippen LogP contribution in [-0.2, 0) is 9.53 Å². The van der Waals surface area contributed by atoms with Crippen molar-refractivity contribution in [3.63, 3.8) is 0 Å². The second kappa shape index (κ2) is 4.95. The van der Waals surface area contributed by atoms with Crippen LogP contribution in [0.1, 0.15) is 6.42 Å². The largest absolute Gasteiger partial charge is 1.00 e. The molecule has 0 aliphatic carbocycles. The van der Waals surface area contributed by atoms with E-state index < -0.39 is 0 Å². The van der Waals surface area contributed by atoms with Gasteiger partial charge in [-0.25, -0.2) is 4.79 Å². The first-order chi connectivity index (χ1) is 5.55. The van der Waals surface area contributed by atoms with Crippen LogP contribution in [0.2, 0.25) is 0 Å². The van der Waals surface area contributed by atoms with Gasteiger partial charge in [0.15, 0.2) is 0 Å². The summed E-state index contributed by atoms with van der Waals surface area (Å²) in [4.78, 5) is 11.2. The van der Waals surface area contributed by atoms with E-state index in [9.17, 15) is 4.79 Å². The van der Waals surface area contributed by atoms with Crippen molar-refractivity contribution in [2.24, 2.45) is 0 Å². The third-order valence-corrected chi connectivity index (χ3v) is 2.17. The minimum Gasteiger partial charge on any atom is -1.00 e. The van der Waals surface area contributed by atoms with Crippen molar-refractivity contribution in [2.75, 3.05) is 34.3 Å². The molecule has 1 heterocycles. The molecular formula is C9H16INO2. The lowest BCUT2D eigenvalue weighted by atomic mass is 10.1. The van der Waals surface area contributed by atoms with Crippen LogP contribution in [0.3, 0.4) is 0 Å². The quantitative estimate of drug-likeness (QED) is 0.306. The number of esters is 1. The molecule has 0 fully saturated rings. The Balaban J connectivity index is 0.00000144. The van der Waals surface area contributed by atoms with Gasteiger partial charge >= 0.3 is 5.97 Å². The molecule has 0 spiro atoms. The number of hydrogen-bond acceptors (Lipinski definition) is 2. The van der Waals surface area contributed by atoms with Crippen LogP contribution >= 0.6 is 0 Å².